The van der Waals surface area contributed by atoms with Gasteiger partial charge in [0, 0.05) is 4.43 Å². The molecular weight excluding hydrogens is 437 g/mol. The zero-order chi connectivity index (χ0) is 18.4. The minimum atomic E-state index is -0.855. The van der Waals surface area contributed by atoms with Crippen molar-refractivity contribution in [2.75, 3.05) is 4.43 Å². The van der Waals surface area contributed by atoms with E-state index in [9.17, 15) is 9.90 Å². The van der Waals surface area contributed by atoms with Crippen LogP contribution in [0.15, 0.2) is 91.0 Å². The molecule has 0 radical (unpaired) electrons. The Labute approximate surface area is 167 Å². The first-order chi connectivity index (χ1) is 12.7. The minimum absolute atomic E-state index is 0.460. The fourth-order valence-electron chi connectivity index (χ4n) is 3.24. The Morgan fingerprint density at radius 1 is 0.808 bits per heavy atom. The summed E-state index contributed by atoms with van der Waals surface area (Å²) in [6, 6.07) is 29.4. The van der Waals surface area contributed by atoms with Crippen molar-refractivity contribution in [2.24, 2.45) is 0 Å². The maximum Gasteiger partial charge on any atom is 0.321 e. The van der Waals surface area contributed by atoms with Gasteiger partial charge in [-0.1, -0.05) is 114 Å². The summed E-state index contributed by atoms with van der Waals surface area (Å²) in [5.74, 6) is -0.855. The number of rotatable bonds is 7. The highest BCUT2D eigenvalue weighted by atomic mass is 127. The maximum atomic E-state index is 11.8. The van der Waals surface area contributed by atoms with Gasteiger partial charge in [0.05, 0.1) is 5.54 Å². The molecule has 0 aromatic heterocycles. The lowest BCUT2D eigenvalue weighted by molar-refractivity contribution is -0.139. The summed E-state index contributed by atoms with van der Waals surface area (Å²) in [7, 11) is 0. The summed E-state index contributed by atoms with van der Waals surface area (Å²) in [5.41, 5.74) is 2.27. The van der Waals surface area contributed by atoms with Crippen LogP contribution in [0.2, 0.25) is 0 Å². The summed E-state index contributed by atoms with van der Waals surface area (Å²) < 4.78 is 0.460. The number of alkyl halides is 1. The van der Waals surface area contributed by atoms with Gasteiger partial charge < -0.3 is 5.11 Å². The third-order valence-electron chi connectivity index (χ3n) is 4.46. The number of nitrogens with one attached hydrogen (secondary N) is 1. The number of halogens is 1. The topological polar surface area (TPSA) is 49.3 Å². The van der Waals surface area contributed by atoms with Gasteiger partial charge in [-0.15, -0.1) is 0 Å². The maximum absolute atomic E-state index is 11.8. The fourth-order valence-corrected chi connectivity index (χ4v) is 3.84. The van der Waals surface area contributed by atoms with Crippen LogP contribution in [0.3, 0.4) is 0 Å². The van der Waals surface area contributed by atoms with Crippen molar-refractivity contribution in [1.82, 2.24) is 5.32 Å². The number of carboxylic acids is 1. The van der Waals surface area contributed by atoms with Gasteiger partial charge in [-0.2, -0.15) is 0 Å². The Bertz CT molecular complexity index is 741. The number of hydrogen-bond donors (Lipinski definition) is 2. The Balaban J connectivity index is 2.29. The number of carbonyl (C=O) groups is 1. The van der Waals surface area contributed by atoms with E-state index < -0.39 is 17.6 Å². The van der Waals surface area contributed by atoms with Crippen molar-refractivity contribution in [3.63, 3.8) is 0 Å². The van der Waals surface area contributed by atoms with Crippen molar-refractivity contribution in [2.45, 2.75) is 11.6 Å². The number of hydrogen-bond acceptors (Lipinski definition) is 2. The third kappa shape index (κ3) is 3.66. The lowest BCUT2D eigenvalue weighted by atomic mass is 9.76. The Morgan fingerprint density at radius 3 is 1.42 bits per heavy atom. The minimum Gasteiger partial charge on any atom is -0.480 e. The van der Waals surface area contributed by atoms with Crippen molar-refractivity contribution in [3.05, 3.63) is 108 Å². The van der Waals surface area contributed by atoms with Crippen LogP contribution in [0.1, 0.15) is 16.7 Å². The molecule has 0 saturated heterocycles. The molecular formula is C22H20INO2. The van der Waals surface area contributed by atoms with Crippen molar-refractivity contribution in [3.8, 4) is 0 Å². The summed E-state index contributed by atoms with van der Waals surface area (Å²) in [5, 5.41) is 13.2. The molecule has 3 rings (SSSR count). The molecule has 3 aromatic carbocycles. The van der Waals surface area contributed by atoms with Crippen LogP contribution in [0.4, 0.5) is 0 Å². The molecule has 0 aliphatic rings. The Hall–Kier alpha value is -2.18. The molecule has 0 aliphatic heterocycles. The molecule has 0 unspecified atom stereocenters. The molecule has 0 fully saturated rings. The molecule has 0 saturated carbocycles. The number of carboxylic acid groups (broad SMARTS) is 1. The van der Waals surface area contributed by atoms with Crippen LogP contribution in [0.25, 0.3) is 0 Å². The van der Waals surface area contributed by atoms with E-state index in [0.717, 1.165) is 16.7 Å². The van der Waals surface area contributed by atoms with E-state index >= 15 is 0 Å². The van der Waals surface area contributed by atoms with E-state index in [4.69, 9.17) is 0 Å². The first kappa shape index (κ1) is 18.6. The van der Waals surface area contributed by atoms with Crippen LogP contribution >= 0.6 is 22.6 Å². The normalized spacial score (nSPS) is 12.5. The second kappa shape index (κ2) is 8.47. The van der Waals surface area contributed by atoms with Gasteiger partial charge in [0.1, 0.15) is 6.04 Å². The SMILES string of the molecule is O=C(O)[C@H](CI)NC(c1ccccc1)(c1ccccc1)c1ccccc1. The molecule has 26 heavy (non-hydrogen) atoms. The van der Waals surface area contributed by atoms with Crippen molar-refractivity contribution in [1.29, 1.82) is 0 Å². The highest BCUT2D eigenvalue weighted by Crippen LogP contribution is 2.37. The van der Waals surface area contributed by atoms with Crippen LogP contribution < -0.4 is 5.32 Å². The van der Waals surface area contributed by atoms with E-state index in [1.165, 1.54) is 0 Å². The van der Waals surface area contributed by atoms with Crippen molar-refractivity contribution >= 4 is 28.6 Å². The van der Waals surface area contributed by atoms with Gasteiger partial charge in [0.2, 0.25) is 0 Å². The molecule has 0 spiro atoms. The molecule has 3 nitrogen and oxygen atoms in total. The van der Waals surface area contributed by atoms with Gasteiger partial charge in [-0.25, -0.2) is 0 Å². The predicted molar refractivity (Wildman–Crippen MR) is 113 cm³/mol. The highest BCUT2D eigenvalue weighted by Gasteiger charge is 2.39. The average molecular weight is 457 g/mol. The second-order valence-electron chi connectivity index (χ2n) is 6.04. The summed E-state index contributed by atoms with van der Waals surface area (Å²) in [6.45, 7) is 0. The third-order valence-corrected chi connectivity index (χ3v) is 5.34. The van der Waals surface area contributed by atoms with Gasteiger partial charge in [0.15, 0.2) is 0 Å². The standard InChI is InChI=1S/C22H20INO2/c23-16-20(21(25)26)24-22(17-10-4-1-5-11-17,18-12-6-2-7-13-18)19-14-8-3-9-15-19/h1-15,20,24H,16H2,(H,25,26)/t20-/m0/s1. The molecule has 1 atom stereocenters. The summed E-state index contributed by atoms with van der Waals surface area (Å²) in [6.07, 6.45) is 0. The van der Waals surface area contributed by atoms with E-state index in [1.54, 1.807) is 0 Å². The summed E-state index contributed by atoms with van der Waals surface area (Å²) in [4.78, 5) is 11.8. The molecule has 0 amide bonds. The van der Waals surface area contributed by atoms with Gasteiger partial charge in [0.25, 0.3) is 0 Å². The van der Waals surface area contributed by atoms with E-state index in [2.05, 4.69) is 27.9 Å². The Morgan fingerprint density at radius 2 is 1.15 bits per heavy atom. The molecule has 4 heteroatoms. The molecule has 0 aliphatic carbocycles. The first-order valence-electron chi connectivity index (χ1n) is 8.41. The second-order valence-corrected chi connectivity index (χ2v) is 6.92. The summed E-state index contributed by atoms with van der Waals surface area (Å²) >= 11 is 2.12. The molecule has 3 aromatic rings. The average Bonchev–Trinajstić information content (AvgIpc) is 2.71. The van der Waals surface area contributed by atoms with Crippen molar-refractivity contribution < 1.29 is 9.90 Å². The zero-order valence-corrected chi connectivity index (χ0v) is 16.3. The van der Waals surface area contributed by atoms with Crippen LogP contribution in [0.5, 0.6) is 0 Å². The van der Waals surface area contributed by atoms with Gasteiger partial charge >= 0.3 is 5.97 Å². The quantitative estimate of drug-likeness (QED) is 0.313. The Kier molecular flexibility index (Phi) is 6.06. The largest absolute Gasteiger partial charge is 0.480 e. The molecule has 132 valence electrons. The lowest BCUT2D eigenvalue weighted by Gasteiger charge is -2.39. The van der Waals surface area contributed by atoms with Gasteiger partial charge in [-0.05, 0) is 16.7 Å². The molecule has 0 heterocycles. The highest BCUT2D eigenvalue weighted by molar-refractivity contribution is 14.1. The van der Waals surface area contributed by atoms with E-state index in [0.29, 0.717) is 4.43 Å². The molecule has 0 bridgehead atoms. The van der Waals surface area contributed by atoms with Crippen LogP contribution in [0, 0.1) is 0 Å². The first-order valence-corrected chi connectivity index (χ1v) is 9.94. The fraction of sp³-hybridized carbons (Fsp3) is 0.136. The van der Waals surface area contributed by atoms with E-state index in [-0.39, 0.29) is 0 Å². The van der Waals surface area contributed by atoms with Crippen LogP contribution in [-0.4, -0.2) is 21.5 Å². The monoisotopic (exact) mass is 457 g/mol. The smallest absolute Gasteiger partial charge is 0.321 e. The van der Waals surface area contributed by atoms with Gasteiger partial charge in [-0.3, -0.25) is 10.1 Å². The predicted octanol–water partition coefficient (Wildman–Crippen LogP) is 4.46. The number of aliphatic carboxylic acids is 1. The van der Waals surface area contributed by atoms with E-state index in [1.807, 2.05) is 91.0 Å². The van der Waals surface area contributed by atoms with Crippen LogP contribution in [-0.2, 0) is 10.3 Å². The zero-order valence-electron chi connectivity index (χ0n) is 14.2. The molecule has 2 N–H and O–H groups in total. The lowest BCUT2D eigenvalue weighted by Crippen LogP contribution is -2.53. The number of benzene rings is 3.